The summed E-state index contributed by atoms with van der Waals surface area (Å²) in [6, 6.07) is 8.14. The number of benzene rings is 1. The van der Waals surface area contributed by atoms with Gasteiger partial charge in [-0.25, -0.2) is 0 Å². The van der Waals surface area contributed by atoms with Gasteiger partial charge in [0.15, 0.2) is 0 Å². The number of hydrogen-bond donors (Lipinski definition) is 1. The molecule has 0 bridgehead atoms. The minimum Gasteiger partial charge on any atom is -0.397 e. The number of nitrogens with zero attached hydrogens (tertiary/aromatic N) is 4. The predicted octanol–water partition coefficient (Wildman–Crippen LogP) is 0.756. The lowest BCUT2D eigenvalue weighted by Gasteiger charge is -2.03. The fourth-order valence-electron chi connectivity index (χ4n) is 1.11. The number of nitrogens with two attached hydrogens (primary N) is 1. The second-order valence-corrected chi connectivity index (χ2v) is 2.58. The summed E-state index contributed by atoms with van der Waals surface area (Å²) in [5, 5.41) is 34.9. The van der Waals surface area contributed by atoms with E-state index in [1.165, 1.54) is 6.07 Å². The van der Waals surface area contributed by atoms with Crippen LogP contribution in [-0.4, -0.2) is 0 Å². The summed E-state index contributed by atoms with van der Waals surface area (Å²) in [5.41, 5.74) is 5.25. The first-order valence-electron chi connectivity index (χ1n) is 3.76. The third-order valence-corrected chi connectivity index (χ3v) is 1.83. The van der Waals surface area contributed by atoms with E-state index in [9.17, 15) is 0 Å². The highest BCUT2D eigenvalue weighted by atomic mass is 14.6. The molecule has 1 rings (SSSR count). The van der Waals surface area contributed by atoms with E-state index < -0.39 is 0 Å². The maximum Gasteiger partial charge on any atom is 0.103 e. The molecule has 0 aliphatic heterocycles. The molecule has 0 unspecified atom stereocenters. The first kappa shape index (κ1) is 10.1. The van der Waals surface area contributed by atoms with Gasteiger partial charge in [-0.3, -0.25) is 0 Å². The highest BCUT2D eigenvalue weighted by Gasteiger charge is 2.15. The zero-order chi connectivity index (χ0) is 11.4. The van der Waals surface area contributed by atoms with Crippen LogP contribution in [0.4, 0.5) is 5.69 Å². The van der Waals surface area contributed by atoms with Gasteiger partial charge in [-0.1, -0.05) is 0 Å². The molecule has 68 valence electrons. The van der Waals surface area contributed by atoms with Gasteiger partial charge in [0.05, 0.1) is 27.9 Å². The molecule has 0 aliphatic rings. The summed E-state index contributed by atoms with van der Waals surface area (Å²) in [6.07, 6.45) is 0. The fourth-order valence-corrected chi connectivity index (χ4v) is 1.11. The molecular formula is C10H3N5. The normalized spacial score (nSPS) is 8.00. The van der Waals surface area contributed by atoms with E-state index in [1.807, 2.05) is 0 Å². The molecule has 15 heavy (non-hydrogen) atoms. The molecule has 2 N–H and O–H groups in total. The van der Waals surface area contributed by atoms with E-state index in [0.717, 1.165) is 0 Å². The zero-order valence-electron chi connectivity index (χ0n) is 7.44. The molecule has 5 nitrogen and oxygen atoms in total. The van der Waals surface area contributed by atoms with Gasteiger partial charge in [0.25, 0.3) is 0 Å². The smallest absolute Gasteiger partial charge is 0.103 e. The molecular weight excluding hydrogens is 190 g/mol. The average molecular weight is 193 g/mol. The molecule has 0 spiro atoms. The van der Waals surface area contributed by atoms with Crippen molar-refractivity contribution in [3.05, 3.63) is 28.3 Å². The van der Waals surface area contributed by atoms with Crippen molar-refractivity contribution in [3.8, 4) is 24.3 Å². The van der Waals surface area contributed by atoms with Crippen molar-refractivity contribution in [2.75, 3.05) is 5.73 Å². The lowest BCUT2D eigenvalue weighted by atomic mass is 9.98. The van der Waals surface area contributed by atoms with Crippen molar-refractivity contribution in [3.63, 3.8) is 0 Å². The van der Waals surface area contributed by atoms with Crippen LogP contribution in [0.1, 0.15) is 22.3 Å². The number of rotatable bonds is 0. The van der Waals surface area contributed by atoms with Crippen molar-refractivity contribution in [2.24, 2.45) is 0 Å². The number of hydrogen-bond acceptors (Lipinski definition) is 5. The van der Waals surface area contributed by atoms with Gasteiger partial charge < -0.3 is 5.73 Å². The summed E-state index contributed by atoms with van der Waals surface area (Å²) in [5.74, 6) is 0. The summed E-state index contributed by atoms with van der Waals surface area (Å²) >= 11 is 0. The second kappa shape index (κ2) is 3.79. The van der Waals surface area contributed by atoms with E-state index >= 15 is 0 Å². The van der Waals surface area contributed by atoms with Crippen molar-refractivity contribution < 1.29 is 0 Å². The molecule has 1 aromatic rings. The predicted molar refractivity (Wildman–Crippen MR) is 49.7 cm³/mol. The molecule has 0 radical (unpaired) electrons. The van der Waals surface area contributed by atoms with Gasteiger partial charge in [0.1, 0.15) is 24.3 Å². The van der Waals surface area contributed by atoms with Crippen LogP contribution >= 0.6 is 0 Å². The van der Waals surface area contributed by atoms with Crippen LogP contribution in [0.25, 0.3) is 0 Å². The molecule has 0 saturated heterocycles. The Hall–Kier alpha value is -3.02. The van der Waals surface area contributed by atoms with Crippen molar-refractivity contribution in [1.82, 2.24) is 0 Å². The summed E-state index contributed by atoms with van der Waals surface area (Å²) in [6.45, 7) is 0. The third-order valence-electron chi connectivity index (χ3n) is 1.83. The van der Waals surface area contributed by atoms with Crippen LogP contribution in [-0.2, 0) is 0 Å². The Bertz CT molecular complexity index is 587. The minimum absolute atomic E-state index is 0.0141. The Morgan fingerprint density at radius 2 is 1.33 bits per heavy atom. The quantitative estimate of drug-likeness (QED) is 0.609. The molecule has 5 heteroatoms. The Kier molecular flexibility index (Phi) is 2.54. The van der Waals surface area contributed by atoms with Crippen LogP contribution in [0.5, 0.6) is 0 Å². The van der Waals surface area contributed by atoms with Crippen molar-refractivity contribution in [1.29, 1.82) is 21.0 Å². The lowest BCUT2D eigenvalue weighted by molar-refractivity contribution is 1.37. The fraction of sp³-hybridized carbons (Fsp3) is 0. The Morgan fingerprint density at radius 1 is 0.800 bits per heavy atom. The number of nitrogen functional groups attached to an aromatic ring is 1. The lowest BCUT2D eigenvalue weighted by Crippen LogP contribution is -2.00. The largest absolute Gasteiger partial charge is 0.397 e. The molecule has 0 aliphatic carbocycles. The maximum atomic E-state index is 8.77. The molecule has 0 atom stereocenters. The number of nitriles is 4. The highest BCUT2D eigenvalue weighted by molar-refractivity contribution is 5.72. The van der Waals surface area contributed by atoms with Crippen LogP contribution in [0.15, 0.2) is 6.07 Å². The molecule has 0 fully saturated rings. The van der Waals surface area contributed by atoms with Crippen molar-refractivity contribution >= 4 is 5.69 Å². The van der Waals surface area contributed by atoms with Crippen LogP contribution < -0.4 is 5.73 Å². The summed E-state index contributed by atoms with van der Waals surface area (Å²) in [7, 11) is 0. The zero-order valence-corrected chi connectivity index (χ0v) is 7.44. The van der Waals surface area contributed by atoms with E-state index in [0.29, 0.717) is 0 Å². The molecule has 0 saturated carbocycles. The Morgan fingerprint density at radius 3 is 1.73 bits per heavy atom. The summed E-state index contributed by atoms with van der Waals surface area (Å²) < 4.78 is 0. The monoisotopic (exact) mass is 193 g/mol. The average Bonchev–Trinajstić information content (AvgIpc) is 2.28. The second-order valence-electron chi connectivity index (χ2n) is 2.58. The topological polar surface area (TPSA) is 121 Å². The van der Waals surface area contributed by atoms with Gasteiger partial charge in [0.2, 0.25) is 0 Å². The van der Waals surface area contributed by atoms with Gasteiger partial charge in [-0.2, -0.15) is 21.0 Å². The van der Waals surface area contributed by atoms with Crippen LogP contribution in [0.3, 0.4) is 0 Å². The first-order chi connectivity index (χ1) is 7.19. The van der Waals surface area contributed by atoms with Gasteiger partial charge >= 0.3 is 0 Å². The van der Waals surface area contributed by atoms with Gasteiger partial charge in [0, 0.05) is 0 Å². The van der Waals surface area contributed by atoms with Crippen LogP contribution in [0, 0.1) is 45.3 Å². The Labute approximate surface area is 85.8 Å². The van der Waals surface area contributed by atoms with E-state index in [-0.39, 0.29) is 27.9 Å². The minimum atomic E-state index is -0.117. The maximum absolute atomic E-state index is 8.77. The van der Waals surface area contributed by atoms with E-state index in [4.69, 9.17) is 26.8 Å². The summed E-state index contributed by atoms with van der Waals surface area (Å²) in [4.78, 5) is 0. The first-order valence-corrected chi connectivity index (χ1v) is 3.76. The number of anilines is 1. The van der Waals surface area contributed by atoms with Crippen LogP contribution in [0.2, 0.25) is 0 Å². The third kappa shape index (κ3) is 1.42. The van der Waals surface area contributed by atoms with Crippen molar-refractivity contribution in [2.45, 2.75) is 0 Å². The Balaban J connectivity index is 3.82. The molecule has 0 amide bonds. The molecule has 0 heterocycles. The SMILES string of the molecule is N#Cc1cc(C#N)c(C#N)c(C#N)c1N. The standard InChI is InChI=1S/C10H3N5/c11-2-6-1-7(3-12)10(15)9(5-14)8(6)4-13/h1H,15H2. The molecule has 0 aromatic heterocycles. The van der Waals surface area contributed by atoms with E-state index in [1.54, 1.807) is 24.3 Å². The van der Waals surface area contributed by atoms with Gasteiger partial charge in [-0.05, 0) is 6.07 Å². The van der Waals surface area contributed by atoms with E-state index in [2.05, 4.69) is 0 Å². The highest BCUT2D eigenvalue weighted by Crippen LogP contribution is 2.23. The van der Waals surface area contributed by atoms with Gasteiger partial charge in [-0.15, -0.1) is 0 Å². The molecule has 1 aromatic carbocycles.